The number of hydrogen-bond acceptors (Lipinski definition) is 13. The molecule has 2 saturated heterocycles. The largest absolute Gasteiger partial charge is 0.490 e. The molecular weight excluding hydrogens is 927 g/mol. The number of pyridine rings is 2. The summed E-state index contributed by atoms with van der Waals surface area (Å²) >= 11 is 0. The summed E-state index contributed by atoms with van der Waals surface area (Å²) < 4.78 is 45.6. The smallest absolute Gasteiger partial charge is 0.410 e. The first-order valence-electron chi connectivity index (χ1n) is 24.5. The van der Waals surface area contributed by atoms with Gasteiger partial charge in [0.05, 0.1) is 16.6 Å². The third-order valence-corrected chi connectivity index (χ3v) is 11.9. The summed E-state index contributed by atoms with van der Waals surface area (Å²) in [6, 6.07) is 31.8. The highest BCUT2D eigenvalue weighted by Gasteiger charge is 2.28. The van der Waals surface area contributed by atoms with Gasteiger partial charge < -0.3 is 35.1 Å². The van der Waals surface area contributed by atoms with Gasteiger partial charge in [0.25, 0.3) is 0 Å². The SMILES string of the molecule is CC(C)(C)OC(=O)N1CCC(Oc2cc3nc(Nc4cccc(F)c4)ncc3cc2C#Cc2ccccn2)CC1.Fc1cccc(Nc2ncc3cc(CCc4ccccn4)c(OC4CCNCC4)cc3n2)c1. The van der Waals surface area contributed by atoms with Gasteiger partial charge in [0.1, 0.15) is 46.6 Å². The van der Waals surface area contributed by atoms with Crippen molar-refractivity contribution in [1.82, 2.24) is 40.1 Å². The van der Waals surface area contributed by atoms with E-state index in [-0.39, 0.29) is 29.9 Å². The average Bonchev–Trinajstić information content (AvgIpc) is 3.38. The zero-order chi connectivity index (χ0) is 50.6. The lowest BCUT2D eigenvalue weighted by atomic mass is 10.0. The van der Waals surface area contributed by atoms with Crippen molar-refractivity contribution in [3.63, 3.8) is 0 Å². The van der Waals surface area contributed by atoms with Gasteiger partial charge >= 0.3 is 6.09 Å². The highest BCUT2D eigenvalue weighted by atomic mass is 19.1. The molecule has 8 aromatic rings. The van der Waals surface area contributed by atoms with Crippen molar-refractivity contribution < 1.29 is 27.8 Å². The van der Waals surface area contributed by atoms with Crippen LogP contribution in [-0.2, 0) is 17.6 Å². The minimum absolute atomic E-state index is 0.113. The second-order valence-corrected chi connectivity index (χ2v) is 18.7. The molecule has 1 amide bonds. The van der Waals surface area contributed by atoms with Crippen LogP contribution in [0.2, 0.25) is 0 Å². The monoisotopic (exact) mass is 982 g/mol. The van der Waals surface area contributed by atoms with E-state index >= 15 is 0 Å². The molecule has 2 aliphatic rings. The number of halogens is 2. The van der Waals surface area contributed by atoms with Gasteiger partial charge in [-0.3, -0.25) is 4.98 Å². The molecule has 16 heteroatoms. The Morgan fingerprint density at radius 2 is 1.27 bits per heavy atom. The number of rotatable bonds is 11. The van der Waals surface area contributed by atoms with Crippen molar-refractivity contribution in [1.29, 1.82) is 0 Å². The van der Waals surface area contributed by atoms with Crippen molar-refractivity contribution in [2.75, 3.05) is 36.8 Å². The molecule has 0 aliphatic carbocycles. The number of nitrogens with zero attached hydrogens (tertiary/aromatic N) is 7. The molecular formula is C57H56F2N10O4. The van der Waals surface area contributed by atoms with E-state index in [1.165, 1.54) is 24.3 Å². The Hall–Kier alpha value is -8.29. The van der Waals surface area contributed by atoms with Crippen LogP contribution in [0.4, 0.5) is 36.8 Å². The summed E-state index contributed by atoms with van der Waals surface area (Å²) in [7, 11) is 0. The van der Waals surface area contributed by atoms with Crippen LogP contribution >= 0.6 is 0 Å². The fourth-order valence-corrected chi connectivity index (χ4v) is 8.31. The quantitative estimate of drug-likeness (QED) is 0.105. The Morgan fingerprint density at radius 1 is 0.671 bits per heavy atom. The third-order valence-electron chi connectivity index (χ3n) is 11.9. The number of likely N-dealkylation sites (tertiary alicyclic amines) is 1. The fraction of sp³-hybridized carbons (Fsp3) is 0.281. The Balaban J connectivity index is 0.000000183. The van der Waals surface area contributed by atoms with E-state index in [0.717, 1.165) is 72.1 Å². The number of piperidine rings is 2. The Kier molecular flexibility index (Phi) is 15.9. The number of hydrogen-bond donors (Lipinski definition) is 3. The average molecular weight is 983 g/mol. The molecule has 4 aromatic heterocycles. The van der Waals surface area contributed by atoms with Gasteiger partial charge in [-0.25, -0.2) is 38.5 Å². The lowest BCUT2D eigenvalue weighted by Crippen LogP contribution is -2.44. The van der Waals surface area contributed by atoms with Crippen LogP contribution in [-0.4, -0.2) is 84.9 Å². The second kappa shape index (κ2) is 23.3. The first kappa shape index (κ1) is 49.7. The van der Waals surface area contributed by atoms with E-state index in [4.69, 9.17) is 14.2 Å². The summed E-state index contributed by atoms with van der Waals surface area (Å²) in [5.74, 6) is 7.83. The predicted molar refractivity (Wildman–Crippen MR) is 278 cm³/mol. The summed E-state index contributed by atoms with van der Waals surface area (Å²) in [5, 5.41) is 11.2. The zero-order valence-corrected chi connectivity index (χ0v) is 40.9. The van der Waals surface area contributed by atoms with E-state index in [1.807, 2.05) is 81.6 Å². The Bertz CT molecular complexity index is 3230. The number of ether oxygens (including phenoxy) is 3. The molecule has 10 rings (SSSR count). The van der Waals surface area contributed by atoms with Gasteiger partial charge in [0.15, 0.2) is 0 Å². The van der Waals surface area contributed by atoms with Crippen molar-refractivity contribution in [2.45, 2.75) is 77.1 Å². The maximum absolute atomic E-state index is 13.6. The molecule has 6 heterocycles. The van der Waals surface area contributed by atoms with Gasteiger partial charge in [0.2, 0.25) is 11.9 Å². The topological polar surface area (TPSA) is 161 Å². The van der Waals surface area contributed by atoms with Crippen LogP contribution in [0.3, 0.4) is 0 Å². The number of aromatic nitrogens is 6. The normalized spacial score (nSPS) is 14.1. The minimum Gasteiger partial charge on any atom is -0.490 e. The van der Waals surface area contributed by atoms with E-state index in [2.05, 4.69) is 63.8 Å². The first-order valence-corrected chi connectivity index (χ1v) is 24.5. The van der Waals surface area contributed by atoms with E-state index < -0.39 is 5.60 Å². The Labute approximate surface area is 423 Å². The molecule has 0 saturated carbocycles. The van der Waals surface area contributed by atoms with Gasteiger partial charge in [0, 0.05) is 90.7 Å². The molecule has 2 fully saturated rings. The standard InChI is InChI=1S/C31H30FN5O3.C26H26FN5O/c1-31(2,3)40-30(38)37-15-12-26(13-16-37)39-28-19-27-22(17-21(28)10-11-24-8-4-5-14-33-24)20-34-29(36-27)35-25-9-6-7-23(32)18-25;27-20-4-3-6-22(15-20)31-26-30-17-19-14-18(7-8-21-5-1-2-11-29-21)25(16-24(19)32-26)33-23-9-12-28-13-10-23/h4-9,14,17-20,26H,12-13,15-16H2,1-3H3,(H,34,35,36);1-6,11,14-17,23,28H,7-10,12-13H2,(H,30,31,32). The van der Waals surface area contributed by atoms with Crippen molar-refractivity contribution in [3.8, 4) is 23.3 Å². The fourth-order valence-electron chi connectivity index (χ4n) is 8.31. The molecule has 14 nitrogen and oxygen atoms in total. The molecule has 3 N–H and O–H groups in total. The summed E-state index contributed by atoms with van der Waals surface area (Å²) in [5.41, 5.74) is 5.55. The molecule has 0 radical (unpaired) electrons. The minimum atomic E-state index is -0.541. The van der Waals surface area contributed by atoms with Crippen molar-refractivity contribution in [2.24, 2.45) is 0 Å². The summed E-state index contributed by atoms with van der Waals surface area (Å²) in [4.78, 5) is 41.0. The van der Waals surface area contributed by atoms with E-state index in [1.54, 1.807) is 47.8 Å². The van der Waals surface area contributed by atoms with E-state index in [9.17, 15) is 13.6 Å². The number of anilines is 4. The number of nitrogens with one attached hydrogen (secondary N) is 3. The van der Waals surface area contributed by atoms with Crippen LogP contribution in [0.25, 0.3) is 21.8 Å². The van der Waals surface area contributed by atoms with Crippen molar-refractivity contribution in [3.05, 3.63) is 168 Å². The van der Waals surface area contributed by atoms with Crippen molar-refractivity contribution >= 4 is 51.2 Å². The van der Waals surface area contributed by atoms with Crippen LogP contribution in [0, 0.1) is 23.5 Å². The van der Waals surface area contributed by atoms with Gasteiger partial charge in [-0.1, -0.05) is 30.2 Å². The number of amides is 1. The lowest BCUT2D eigenvalue weighted by Gasteiger charge is -2.33. The third kappa shape index (κ3) is 14.2. The number of carbonyl (C=O) groups is 1. The molecule has 0 atom stereocenters. The first-order chi connectivity index (χ1) is 35.4. The van der Waals surface area contributed by atoms with Crippen LogP contribution in [0.1, 0.15) is 69.0 Å². The van der Waals surface area contributed by atoms with E-state index in [0.29, 0.717) is 71.7 Å². The summed E-state index contributed by atoms with van der Waals surface area (Å²) in [6.45, 7) is 8.57. The number of aryl methyl sites for hydroxylation is 2. The summed E-state index contributed by atoms with van der Waals surface area (Å²) in [6.07, 6.45) is 11.7. The molecule has 372 valence electrons. The maximum atomic E-state index is 13.6. The van der Waals surface area contributed by atoms with Crippen LogP contribution < -0.4 is 25.4 Å². The Morgan fingerprint density at radius 3 is 1.88 bits per heavy atom. The predicted octanol–water partition coefficient (Wildman–Crippen LogP) is 10.9. The molecule has 0 bridgehead atoms. The number of benzene rings is 4. The number of carbonyl (C=O) groups excluding carboxylic acids is 1. The van der Waals surface area contributed by atoms with Gasteiger partial charge in [-0.15, -0.1) is 0 Å². The number of fused-ring (bicyclic) bond motifs is 2. The highest BCUT2D eigenvalue weighted by Crippen LogP contribution is 2.31. The molecule has 0 spiro atoms. The zero-order valence-electron chi connectivity index (χ0n) is 40.9. The van der Waals surface area contributed by atoms with Gasteiger partial charge in [-0.05, 0) is 144 Å². The van der Waals surface area contributed by atoms with Crippen LogP contribution in [0.5, 0.6) is 11.5 Å². The molecule has 0 unspecified atom stereocenters. The maximum Gasteiger partial charge on any atom is 0.410 e. The second-order valence-electron chi connectivity index (χ2n) is 18.7. The molecule has 73 heavy (non-hydrogen) atoms. The highest BCUT2D eigenvalue weighted by molar-refractivity contribution is 5.84. The van der Waals surface area contributed by atoms with Gasteiger partial charge in [-0.2, -0.15) is 0 Å². The van der Waals surface area contributed by atoms with Crippen LogP contribution in [0.15, 0.2) is 134 Å². The molecule has 4 aromatic carbocycles. The molecule has 2 aliphatic heterocycles. The lowest BCUT2D eigenvalue weighted by molar-refractivity contribution is 0.0126.